The number of anilines is 1. The Morgan fingerprint density at radius 3 is 2.28 bits per heavy atom. The van der Waals surface area contributed by atoms with Crippen LogP contribution >= 0.6 is 0 Å². The van der Waals surface area contributed by atoms with E-state index >= 15 is 0 Å². The van der Waals surface area contributed by atoms with Crippen molar-refractivity contribution in [3.05, 3.63) is 64.5 Å². The van der Waals surface area contributed by atoms with Crippen LogP contribution in [0.2, 0.25) is 0 Å². The smallest absolute Gasteiger partial charge is 0.239 e. The molecule has 0 spiro atoms. The number of hydrogen-bond acceptors (Lipinski definition) is 3. The molecule has 0 unspecified atom stereocenters. The minimum Gasteiger partial charge on any atom is -0.340 e. The van der Waals surface area contributed by atoms with Gasteiger partial charge in [0.25, 0.3) is 0 Å². The summed E-state index contributed by atoms with van der Waals surface area (Å²) < 4.78 is 13.4. The zero-order valence-electron chi connectivity index (χ0n) is 18.0. The van der Waals surface area contributed by atoms with Crippen LogP contribution in [-0.2, 0) is 16.1 Å². The number of hydrogen-bond donors (Lipinski definition) is 1. The maximum absolute atomic E-state index is 13.4. The van der Waals surface area contributed by atoms with Crippen LogP contribution in [0, 0.1) is 26.6 Å². The highest BCUT2D eigenvalue weighted by atomic mass is 19.1. The molecule has 1 N–H and O–H groups in total. The van der Waals surface area contributed by atoms with Gasteiger partial charge in [0.05, 0.1) is 12.6 Å². The highest BCUT2D eigenvalue weighted by Gasteiger charge is 2.23. The van der Waals surface area contributed by atoms with Gasteiger partial charge in [0.15, 0.2) is 0 Å². The number of nitrogens with zero attached hydrogens (tertiary/aromatic N) is 2. The van der Waals surface area contributed by atoms with E-state index in [1.54, 1.807) is 43.0 Å². The maximum Gasteiger partial charge on any atom is 0.239 e. The van der Waals surface area contributed by atoms with Crippen LogP contribution in [-0.4, -0.2) is 48.3 Å². The van der Waals surface area contributed by atoms with E-state index in [4.69, 9.17) is 0 Å². The second-order valence-electron chi connectivity index (χ2n) is 7.74. The summed E-state index contributed by atoms with van der Waals surface area (Å²) in [5.74, 6) is -0.630. The fourth-order valence-corrected chi connectivity index (χ4v) is 3.41. The summed E-state index contributed by atoms with van der Waals surface area (Å²) in [6.07, 6.45) is 0. The number of amides is 2. The van der Waals surface area contributed by atoms with Crippen LogP contribution in [0.4, 0.5) is 10.1 Å². The Balaban J connectivity index is 1.96. The van der Waals surface area contributed by atoms with Gasteiger partial charge in [0, 0.05) is 19.3 Å². The van der Waals surface area contributed by atoms with Crippen LogP contribution < -0.4 is 5.32 Å². The van der Waals surface area contributed by atoms with E-state index in [2.05, 4.69) is 5.32 Å². The molecule has 0 saturated heterocycles. The van der Waals surface area contributed by atoms with Crippen LogP contribution in [0.1, 0.15) is 29.2 Å². The Kier molecular flexibility index (Phi) is 7.51. The Morgan fingerprint density at radius 2 is 1.69 bits per heavy atom. The van der Waals surface area contributed by atoms with E-state index in [0.29, 0.717) is 6.54 Å². The van der Waals surface area contributed by atoms with Crippen LogP contribution in [0.15, 0.2) is 36.4 Å². The number of nitrogens with one attached hydrogen (secondary N) is 1. The Labute approximate surface area is 172 Å². The lowest BCUT2D eigenvalue weighted by Crippen LogP contribution is -2.46. The number of aryl methyl sites for hydroxylation is 3. The second-order valence-corrected chi connectivity index (χ2v) is 7.74. The topological polar surface area (TPSA) is 52.7 Å². The Morgan fingerprint density at radius 1 is 1.07 bits per heavy atom. The number of carbonyl (C=O) groups is 2. The molecule has 0 aliphatic carbocycles. The average molecular weight is 400 g/mol. The van der Waals surface area contributed by atoms with Gasteiger partial charge in [-0.2, -0.15) is 0 Å². The summed E-state index contributed by atoms with van der Waals surface area (Å²) in [5.41, 5.74) is 4.71. The van der Waals surface area contributed by atoms with E-state index in [0.717, 1.165) is 27.9 Å². The molecule has 2 rings (SSSR count). The van der Waals surface area contributed by atoms with E-state index in [-0.39, 0.29) is 24.2 Å². The lowest BCUT2D eigenvalue weighted by molar-refractivity contribution is -0.135. The largest absolute Gasteiger partial charge is 0.340 e. The predicted octanol–water partition coefficient (Wildman–Crippen LogP) is 3.67. The third-order valence-electron chi connectivity index (χ3n) is 5.04. The fraction of sp³-hybridized carbons (Fsp3) is 0.391. The molecule has 2 aromatic carbocycles. The van der Waals surface area contributed by atoms with E-state index < -0.39 is 6.04 Å². The first kappa shape index (κ1) is 22.6. The van der Waals surface area contributed by atoms with Crippen molar-refractivity contribution in [1.82, 2.24) is 9.80 Å². The van der Waals surface area contributed by atoms with Crippen molar-refractivity contribution >= 4 is 17.5 Å². The Hall–Kier alpha value is -2.73. The second kappa shape index (κ2) is 9.65. The van der Waals surface area contributed by atoms with Crippen molar-refractivity contribution in [2.75, 3.05) is 26.0 Å². The van der Waals surface area contributed by atoms with Gasteiger partial charge in [-0.25, -0.2) is 4.39 Å². The van der Waals surface area contributed by atoms with Crippen molar-refractivity contribution in [3.8, 4) is 0 Å². The standard InChI is InChI=1S/C23H30FN3O2/c1-15-10-16(2)22(17(3)11-15)25-21(28)14-26(5)18(4)23(29)27(6)13-19-8-7-9-20(24)12-19/h7-12,18H,13-14H2,1-6H3,(H,25,28)/t18-/m0/s1. The number of carbonyl (C=O) groups excluding carboxylic acids is 2. The monoisotopic (exact) mass is 399 g/mol. The van der Waals surface area contributed by atoms with Crippen molar-refractivity contribution in [1.29, 1.82) is 0 Å². The number of likely N-dealkylation sites (N-methyl/N-ethyl adjacent to an activating group) is 2. The molecule has 0 radical (unpaired) electrons. The molecule has 0 aliphatic heterocycles. The number of rotatable bonds is 7. The molecule has 0 fully saturated rings. The zero-order valence-corrected chi connectivity index (χ0v) is 18.0. The van der Waals surface area contributed by atoms with Crippen LogP contribution in [0.3, 0.4) is 0 Å². The molecule has 1 atom stereocenters. The molecule has 156 valence electrons. The highest BCUT2D eigenvalue weighted by molar-refractivity contribution is 5.94. The zero-order chi connectivity index (χ0) is 21.7. The third kappa shape index (κ3) is 6.12. The third-order valence-corrected chi connectivity index (χ3v) is 5.04. The van der Waals surface area contributed by atoms with Crippen molar-refractivity contribution < 1.29 is 14.0 Å². The van der Waals surface area contributed by atoms with Gasteiger partial charge < -0.3 is 10.2 Å². The Bertz CT molecular complexity index is 874. The lowest BCUT2D eigenvalue weighted by Gasteiger charge is -2.28. The van der Waals surface area contributed by atoms with E-state index in [9.17, 15) is 14.0 Å². The molecule has 0 aliphatic rings. The maximum atomic E-state index is 13.4. The molecule has 6 heteroatoms. The molecule has 2 aromatic rings. The molecule has 0 heterocycles. The first-order chi connectivity index (χ1) is 13.6. The van der Waals surface area contributed by atoms with Gasteiger partial charge in [0.2, 0.25) is 11.8 Å². The lowest BCUT2D eigenvalue weighted by atomic mass is 10.1. The minimum atomic E-state index is -0.487. The van der Waals surface area contributed by atoms with Crippen molar-refractivity contribution in [3.63, 3.8) is 0 Å². The van der Waals surface area contributed by atoms with Crippen molar-refractivity contribution in [2.24, 2.45) is 0 Å². The predicted molar refractivity (Wildman–Crippen MR) is 114 cm³/mol. The average Bonchev–Trinajstić information content (AvgIpc) is 2.63. The molecular formula is C23H30FN3O2. The van der Waals surface area contributed by atoms with E-state index in [1.807, 2.05) is 32.9 Å². The highest BCUT2D eigenvalue weighted by Crippen LogP contribution is 2.22. The molecule has 0 aromatic heterocycles. The van der Waals surface area contributed by atoms with E-state index in [1.165, 1.54) is 12.1 Å². The fourth-order valence-electron chi connectivity index (χ4n) is 3.41. The first-order valence-electron chi connectivity index (χ1n) is 9.66. The normalized spacial score (nSPS) is 12.0. The summed E-state index contributed by atoms with van der Waals surface area (Å²) in [4.78, 5) is 28.5. The number of benzene rings is 2. The van der Waals surface area contributed by atoms with Crippen LogP contribution in [0.25, 0.3) is 0 Å². The summed E-state index contributed by atoms with van der Waals surface area (Å²) in [5, 5.41) is 2.96. The van der Waals surface area contributed by atoms with Gasteiger partial charge >= 0.3 is 0 Å². The van der Waals surface area contributed by atoms with Gasteiger partial charge in [-0.15, -0.1) is 0 Å². The summed E-state index contributed by atoms with van der Waals surface area (Å²) in [6, 6.07) is 9.76. The van der Waals surface area contributed by atoms with Crippen LogP contribution in [0.5, 0.6) is 0 Å². The van der Waals surface area contributed by atoms with Crippen molar-refractivity contribution in [2.45, 2.75) is 40.3 Å². The quantitative estimate of drug-likeness (QED) is 0.773. The minimum absolute atomic E-state index is 0.0907. The van der Waals surface area contributed by atoms with Gasteiger partial charge in [-0.1, -0.05) is 29.8 Å². The SMILES string of the molecule is Cc1cc(C)c(NC(=O)CN(C)[C@@H](C)C(=O)N(C)Cc2cccc(F)c2)c(C)c1. The van der Waals surface area contributed by atoms with Gasteiger partial charge in [-0.05, 0) is 63.6 Å². The summed E-state index contributed by atoms with van der Waals surface area (Å²) in [7, 11) is 3.42. The molecule has 5 nitrogen and oxygen atoms in total. The molecule has 2 amide bonds. The van der Waals surface area contributed by atoms with Gasteiger partial charge in [0.1, 0.15) is 5.82 Å². The molecule has 29 heavy (non-hydrogen) atoms. The summed E-state index contributed by atoms with van der Waals surface area (Å²) >= 11 is 0. The molecular weight excluding hydrogens is 369 g/mol. The first-order valence-corrected chi connectivity index (χ1v) is 9.66. The molecule has 0 saturated carbocycles. The van der Waals surface area contributed by atoms with Gasteiger partial charge in [-0.3, -0.25) is 14.5 Å². The molecule has 0 bridgehead atoms. The summed E-state index contributed by atoms with van der Waals surface area (Å²) in [6.45, 7) is 8.11. The number of halogens is 1.